The molecular formula is C11H18N4O. The molecule has 1 saturated carbocycles. The largest absolute Gasteiger partial charge is 0.339 e. The van der Waals surface area contributed by atoms with Gasteiger partial charge in [0.2, 0.25) is 5.89 Å². The second kappa shape index (κ2) is 4.51. The smallest absolute Gasteiger partial charge is 0.227 e. The molecule has 5 nitrogen and oxygen atoms in total. The van der Waals surface area contributed by atoms with Gasteiger partial charge in [-0.25, -0.2) is 0 Å². The molecule has 1 aromatic rings. The van der Waals surface area contributed by atoms with Crippen molar-refractivity contribution < 1.29 is 4.52 Å². The van der Waals surface area contributed by atoms with Crippen molar-refractivity contribution in [3.63, 3.8) is 0 Å². The zero-order chi connectivity index (χ0) is 10.8. The minimum atomic E-state index is 0.594. The predicted molar refractivity (Wildman–Crippen MR) is 59.3 cm³/mol. The van der Waals surface area contributed by atoms with Crippen LogP contribution < -0.4 is 5.32 Å². The van der Waals surface area contributed by atoms with Crippen molar-refractivity contribution in [2.24, 2.45) is 0 Å². The van der Waals surface area contributed by atoms with Crippen LogP contribution >= 0.6 is 0 Å². The van der Waals surface area contributed by atoms with Gasteiger partial charge >= 0.3 is 0 Å². The van der Waals surface area contributed by atoms with Crippen LogP contribution in [-0.4, -0.2) is 47.8 Å². The fourth-order valence-corrected chi connectivity index (χ4v) is 2.07. The maximum Gasteiger partial charge on any atom is 0.227 e. The minimum absolute atomic E-state index is 0.594. The van der Waals surface area contributed by atoms with Gasteiger partial charge in [-0.05, 0) is 12.8 Å². The van der Waals surface area contributed by atoms with Crippen LogP contribution in [0.15, 0.2) is 4.52 Å². The van der Waals surface area contributed by atoms with E-state index in [-0.39, 0.29) is 0 Å². The first-order chi connectivity index (χ1) is 7.92. The molecule has 0 radical (unpaired) electrons. The predicted octanol–water partition coefficient (Wildman–Crippen LogP) is 0.395. The maximum absolute atomic E-state index is 5.25. The summed E-state index contributed by atoms with van der Waals surface area (Å²) in [4.78, 5) is 6.88. The number of nitrogens with one attached hydrogen (secondary N) is 1. The molecule has 0 atom stereocenters. The van der Waals surface area contributed by atoms with Crippen LogP contribution in [0.5, 0.6) is 0 Å². The summed E-state index contributed by atoms with van der Waals surface area (Å²) in [7, 11) is 0. The molecule has 1 N–H and O–H groups in total. The number of aromatic nitrogens is 2. The van der Waals surface area contributed by atoms with Crippen molar-refractivity contribution in [2.45, 2.75) is 25.2 Å². The Morgan fingerprint density at radius 1 is 1.31 bits per heavy atom. The Bertz CT molecular complexity index is 342. The standard InChI is InChI=1S/C11H18N4O/c1-2-9(1)11-13-10(16-14-11)3-6-15-7-4-12-5-8-15/h9,12H,1-8H2. The molecule has 2 fully saturated rings. The molecule has 1 saturated heterocycles. The van der Waals surface area contributed by atoms with Gasteiger partial charge in [0.25, 0.3) is 0 Å². The highest BCUT2D eigenvalue weighted by atomic mass is 16.5. The molecule has 0 amide bonds. The third kappa shape index (κ3) is 2.41. The van der Waals surface area contributed by atoms with Gasteiger partial charge in [0.1, 0.15) is 0 Å². The molecule has 3 rings (SSSR count). The monoisotopic (exact) mass is 222 g/mol. The first kappa shape index (κ1) is 10.2. The normalized spacial score (nSPS) is 22.5. The maximum atomic E-state index is 5.25. The van der Waals surface area contributed by atoms with Crippen LogP contribution in [0.1, 0.15) is 30.5 Å². The summed E-state index contributed by atoms with van der Waals surface area (Å²) in [6, 6.07) is 0. The lowest BCUT2D eigenvalue weighted by atomic mass is 10.3. The first-order valence-corrected chi connectivity index (χ1v) is 6.17. The Morgan fingerprint density at radius 2 is 2.12 bits per heavy atom. The highest BCUT2D eigenvalue weighted by Crippen LogP contribution is 2.38. The van der Waals surface area contributed by atoms with E-state index in [1.54, 1.807) is 0 Å². The lowest BCUT2D eigenvalue weighted by molar-refractivity contribution is 0.234. The van der Waals surface area contributed by atoms with Gasteiger partial charge in [-0.2, -0.15) is 4.98 Å². The molecule has 5 heteroatoms. The Hall–Kier alpha value is -0.940. The molecule has 1 aromatic heterocycles. The van der Waals surface area contributed by atoms with Crippen LogP contribution in [0.25, 0.3) is 0 Å². The SMILES string of the molecule is C1CN(CCc2nc(C3CC3)no2)CCN1. The fourth-order valence-electron chi connectivity index (χ4n) is 2.07. The lowest BCUT2D eigenvalue weighted by Gasteiger charge is -2.26. The second-order valence-corrected chi connectivity index (χ2v) is 4.66. The Labute approximate surface area is 95.2 Å². The van der Waals surface area contributed by atoms with Crippen molar-refractivity contribution in [1.29, 1.82) is 0 Å². The van der Waals surface area contributed by atoms with Gasteiger partial charge in [-0.1, -0.05) is 5.16 Å². The van der Waals surface area contributed by atoms with E-state index in [0.29, 0.717) is 5.92 Å². The van der Waals surface area contributed by atoms with Crippen LogP contribution in [0.4, 0.5) is 0 Å². The van der Waals surface area contributed by atoms with Gasteiger partial charge in [0, 0.05) is 45.1 Å². The summed E-state index contributed by atoms with van der Waals surface area (Å²) < 4.78 is 5.25. The molecule has 2 aliphatic rings. The van der Waals surface area contributed by atoms with Crippen molar-refractivity contribution in [1.82, 2.24) is 20.4 Å². The van der Waals surface area contributed by atoms with Crippen LogP contribution in [-0.2, 0) is 6.42 Å². The third-order valence-electron chi connectivity index (χ3n) is 3.28. The molecule has 1 aliphatic carbocycles. The van der Waals surface area contributed by atoms with Gasteiger partial charge in [0.05, 0.1) is 0 Å². The second-order valence-electron chi connectivity index (χ2n) is 4.66. The van der Waals surface area contributed by atoms with E-state index >= 15 is 0 Å². The summed E-state index contributed by atoms with van der Waals surface area (Å²) >= 11 is 0. The van der Waals surface area contributed by atoms with Crippen LogP contribution in [0, 0.1) is 0 Å². The minimum Gasteiger partial charge on any atom is -0.339 e. The molecule has 1 aliphatic heterocycles. The molecule has 0 spiro atoms. The van der Waals surface area contributed by atoms with E-state index in [1.165, 1.54) is 12.8 Å². The average molecular weight is 222 g/mol. The number of nitrogens with zero attached hydrogens (tertiary/aromatic N) is 3. The summed E-state index contributed by atoms with van der Waals surface area (Å²) in [5.41, 5.74) is 0. The first-order valence-electron chi connectivity index (χ1n) is 6.17. The topological polar surface area (TPSA) is 54.2 Å². The lowest BCUT2D eigenvalue weighted by Crippen LogP contribution is -2.44. The van der Waals surface area contributed by atoms with E-state index < -0.39 is 0 Å². The van der Waals surface area contributed by atoms with E-state index in [0.717, 1.165) is 50.9 Å². The van der Waals surface area contributed by atoms with Crippen molar-refractivity contribution in [2.75, 3.05) is 32.7 Å². The van der Waals surface area contributed by atoms with E-state index in [1.807, 2.05) is 0 Å². The van der Waals surface area contributed by atoms with E-state index in [9.17, 15) is 0 Å². The average Bonchev–Trinajstić information content (AvgIpc) is 3.08. The molecule has 2 heterocycles. The zero-order valence-electron chi connectivity index (χ0n) is 9.48. The van der Waals surface area contributed by atoms with Crippen LogP contribution in [0.3, 0.4) is 0 Å². The summed E-state index contributed by atoms with van der Waals surface area (Å²) in [6.07, 6.45) is 3.35. The molecule has 0 bridgehead atoms. The summed E-state index contributed by atoms with van der Waals surface area (Å²) in [5, 5.41) is 7.37. The van der Waals surface area contributed by atoms with Crippen LogP contribution in [0.2, 0.25) is 0 Å². The van der Waals surface area contributed by atoms with E-state index in [4.69, 9.17) is 4.52 Å². The highest BCUT2D eigenvalue weighted by molar-refractivity contribution is 5.03. The zero-order valence-corrected chi connectivity index (χ0v) is 9.48. The molecule has 0 unspecified atom stereocenters. The van der Waals surface area contributed by atoms with E-state index in [2.05, 4.69) is 20.4 Å². The van der Waals surface area contributed by atoms with Gasteiger partial charge in [-0.15, -0.1) is 0 Å². The van der Waals surface area contributed by atoms with Crippen molar-refractivity contribution >= 4 is 0 Å². The fraction of sp³-hybridized carbons (Fsp3) is 0.818. The molecule has 16 heavy (non-hydrogen) atoms. The molecule has 88 valence electrons. The Balaban J connectivity index is 1.49. The molecular weight excluding hydrogens is 204 g/mol. The number of hydrogen-bond acceptors (Lipinski definition) is 5. The Kier molecular flexibility index (Phi) is 2.88. The Morgan fingerprint density at radius 3 is 2.88 bits per heavy atom. The van der Waals surface area contributed by atoms with Gasteiger partial charge in [-0.3, -0.25) is 0 Å². The van der Waals surface area contributed by atoms with Crippen molar-refractivity contribution in [3.05, 3.63) is 11.7 Å². The van der Waals surface area contributed by atoms with Gasteiger partial charge in [0.15, 0.2) is 5.82 Å². The number of hydrogen-bond donors (Lipinski definition) is 1. The quantitative estimate of drug-likeness (QED) is 0.799. The number of rotatable bonds is 4. The molecule has 0 aromatic carbocycles. The van der Waals surface area contributed by atoms with Crippen molar-refractivity contribution in [3.8, 4) is 0 Å². The summed E-state index contributed by atoms with van der Waals surface area (Å²) in [5.74, 6) is 2.33. The summed E-state index contributed by atoms with van der Waals surface area (Å²) in [6.45, 7) is 5.48. The third-order valence-corrected chi connectivity index (χ3v) is 3.28. The van der Waals surface area contributed by atoms with Gasteiger partial charge < -0.3 is 14.7 Å². The highest BCUT2D eigenvalue weighted by Gasteiger charge is 2.28. The number of piperazine rings is 1.